The fourth-order valence-corrected chi connectivity index (χ4v) is 1.47. The van der Waals surface area contributed by atoms with Gasteiger partial charge >= 0.3 is 0 Å². The molecule has 1 aromatic heterocycles. The number of halogens is 1. The van der Waals surface area contributed by atoms with Crippen LogP contribution in [0.2, 0.25) is 0 Å². The lowest BCUT2D eigenvalue weighted by Crippen LogP contribution is -1.98. The van der Waals surface area contributed by atoms with Crippen LogP contribution >= 0.6 is 0 Å². The molecule has 0 unspecified atom stereocenters. The molecule has 0 fully saturated rings. The summed E-state index contributed by atoms with van der Waals surface area (Å²) in [5, 5.41) is 0.779. The molecule has 0 aliphatic carbocycles. The van der Waals surface area contributed by atoms with E-state index >= 15 is 0 Å². The Balaban J connectivity index is 2.45. The minimum atomic E-state index is -0.559. The Bertz CT molecular complexity index is 516. The van der Waals surface area contributed by atoms with Crippen molar-refractivity contribution in [1.29, 1.82) is 0 Å². The number of benzene rings is 1. The number of para-hydroxylation sites is 1. The summed E-state index contributed by atoms with van der Waals surface area (Å²) in [7, 11) is 0. The Hall–Kier alpha value is -1.84. The number of rotatable bonds is 4. The molecule has 4 heteroatoms. The first-order valence-corrected chi connectivity index (χ1v) is 4.94. The summed E-state index contributed by atoms with van der Waals surface area (Å²) in [5.74, 6) is 0.599. The number of ketones is 1. The molecular weight excluding hydrogens is 211 g/mol. The van der Waals surface area contributed by atoms with Crippen LogP contribution in [0.5, 0.6) is 5.75 Å². The molecule has 0 N–H and O–H groups in total. The van der Waals surface area contributed by atoms with Crippen molar-refractivity contribution in [1.82, 2.24) is 0 Å². The van der Waals surface area contributed by atoms with Crippen LogP contribution in [0.1, 0.15) is 17.5 Å². The van der Waals surface area contributed by atoms with Gasteiger partial charge in [0.2, 0.25) is 0 Å². The highest BCUT2D eigenvalue weighted by molar-refractivity contribution is 5.97. The average Bonchev–Trinajstić information content (AvgIpc) is 2.70. The van der Waals surface area contributed by atoms with E-state index in [-0.39, 0.29) is 18.2 Å². The van der Waals surface area contributed by atoms with Crippen molar-refractivity contribution < 1.29 is 18.3 Å². The predicted octanol–water partition coefficient (Wildman–Crippen LogP) is 2.98. The average molecular weight is 222 g/mol. The Morgan fingerprint density at radius 1 is 1.50 bits per heavy atom. The van der Waals surface area contributed by atoms with Gasteiger partial charge in [-0.25, -0.2) is 4.39 Å². The third-order valence-corrected chi connectivity index (χ3v) is 2.19. The van der Waals surface area contributed by atoms with Crippen LogP contribution in [0.3, 0.4) is 0 Å². The Morgan fingerprint density at radius 3 is 3.00 bits per heavy atom. The summed E-state index contributed by atoms with van der Waals surface area (Å²) < 4.78 is 22.5. The van der Waals surface area contributed by atoms with Crippen molar-refractivity contribution in [2.75, 3.05) is 13.3 Å². The van der Waals surface area contributed by atoms with Crippen LogP contribution in [0.25, 0.3) is 11.0 Å². The zero-order chi connectivity index (χ0) is 11.5. The van der Waals surface area contributed by atoms with Gasteiger partial charge in [0, 0.05) is 12.3 Å². The number of hydrogen-bond acceptors (Lipinski definition) is 3. The Morgan fingerprint density at radius 2 is 2.31 bits per heavy atom. The summed E-state index contributed by atoms with van der Waals surface area (Å²) in [5.41, 5.74) is 0.487. The lowest BCUT2D eigenvalue weighted by Gasteiger charge is -2.02. The van der Waals surface area contributed by atoms with Crippen LogP contribution in [0.4, 0.5) is 4.39 Å². The number of carbonyl (C=O) groups is 1. The molecule has 2 aromatic rings. The van der Waals surface area contributed by atoms with Gasteiger partial charge in [0.1, 0.15) is 13.3 Å². The zero-order valence-electron chi connectivity index (χ0n) is 8.83. The van der Waals surface area contributed by atoms with E-state index in [4.69, 9.17) is 9.15 Å². The number of furan rings is 1. The number of carbonyl (C=O) groups excluding carboxylic acids is 1. The molecule has 0 saturated carbocycles. The summed E-state index contributed by atoms with van der Waals surface area (Å²) >= 11 is 0. The van der Waals surface area contributed by atoms with E-state index in [0.717, 1.165) is 5.39 Å². The molecule has 1 heterocycles. The fraction of sp³-hybridized carbons (Fsp3) is 0.250. The molecule has 0 atom stereocenters. The van der Waals surface area contributed by atoms with Gasteiger partial charge in [0.05, 0.1) is 0 Å². The molecule has 0 bridgehead atoms. The van der Waals surface area contributed by atoms with Gasteiger partial charge in [-0.05, 0) is 12.1 Å². The lowest BCUT2D eigenvalue weighted by molar-refractivity contribution is 0.0989. The van der Waals surface area contributed by atoms with E-state index < -0.39 is 6.67 Å². The molecule has 0 spiro atoms. The van der Waals surface area contributed by atoms with Crippen LogP contribution in [-0.2, 0) is 0 Å². The summed E-state index contributed by atoms with van der Waals surface area (Å²) in [6.07, 6.45) is 0. The van der Waals surface area contributed by atoms with E-state index in [1.54, 1.807) is 18.2 Å². The zero-order valence-corrected chi connectivity index (χ0v) is 8.83. The summed E-state index contributed by atoms with van der Waals surface area (Å²) in [4.78, 5) is 11.1. The van der Waals surface area contributed by atoms with Gasteiger partial charge in [0.15, 0.2) is 22.9 Å². The Kier molecular flexibility index (Phi) is 2.90. The number of fused-ring (bicyclic) bond motifs is 1. The lowest BCUT2D eigenvalue weighted by atomic mass is 10.2. The van der Waals surface area contributed by atoms with Crippen molar-refractivity contribution in [2.24, 2.45) is 0 Å². The molecule has 0 amide bonds. The van der Waals surface area contributed by atoms with E-state index in [1.165, 1.54) is 6.92 Å². The molecule has 84 valence electrons. The number of Topliss-reactive ketones (excluding diaryl/α,β-unsaturated/α-hetero) is 1. The minimum absolute atomic E-state index is 0.0186. The molecule has 0 aliphatic rings. The first-order chi connectivity index (χ1) is 7.72. The topological polar surface area (TPSA) is 39.4 Å². The van der Waals surface area contributed by atoms with Gasteiger partial charge in [-0.2, -0.15) is 0 Å². The normalized spacial score (nSPS) is 10.6. The third kappa shape index (κ3) is 1.91. The highest BCUT2D eigenvalue weighted by atomic mass is 19.1. The van der Waals surface area contributed by atoms with Gasteiger partial charge < -0.3 is 9.15 Å². The molecule has 16 heavy (non-hydrogen) atoms. The highest BCUT2D eigenvalue weighted by Gasteiger charge is 2.11. The third-order valence-electron chi connectivity index (χ3n) is 2.19. The van der Waals surface area contributed by atoms with E-state index in [2.05, 4.69) is 0 Å². The number of hydrogen-bond donors (Lipinski definition) is 0. The highest BCUT2D eigenvalue weighted by Crippen LogP contribution is 2.28. The molecule has 1 aromatic carbocycles. The van der Waals surface area contributed by atoms with E-state index in [9.17, 15) is 9.18 Å². The standard InChI is InChI=1S/C12H11FO3/c1-8(14)11-7-9-3-2-4-10(12(9)16-11)15-6-5-13/h2-4,7H,5-6H2,1H3. The van der Waals surface area contributed by atoms with E-state index in [0.29, 0.717) is 11.3 Å². The van der Waals surface area contributed by atoms with Crippen molar-refractivity contribution in [3.8, 4) is 5.75 Å². The largest absolute Gasteiger partial charge is 0.487 e. The van der Waals surface area contributed by atoms with Crippen LogP contribution in [-0.4, -0.2) is 19.1 Å². The SMILES string of the molecule is CC(=O)c1cc2cccc(OCCF)c2o1. The second-order valence-electron chi connectivity index (χ2n) is 3.38. The van der Waals surface area contributed by atoms with Crippen LogP contribution in [0.15, 0.2) is 28.7 Å². The molecular formula is C12H11FO3. The summed E-state index contributed by atoms with van der Waals surface area (Å²) in [6, 6.07) is 6.92. The maximum absolute atomic E-state index is 12.0. The van der Waals surface area contributed by atoms with Crippen molar-refractivity contribution >= 4 is 16.8 Å². The number of ether oxygens (including phenoxy) is 1. The van der Waals surface area contributed by atoms with Crippen LogP contribution in [0, 0.1) is 0 Å². The maximum atomic E-state index is 12.0. The molecule has 0 radical (unpaired) electrons. The van der Waals surface area contributed by atoms with Gasteiger partial charge in [-0.1, -0.05) is 12.1 Å². The Labute approximate surface area is 91.8 Å². The van der Waals surface area contributed by atoms with Crippen molar-refractivity contribution in [3.63, 3.8) is 0 Å². The second kappa shape index (κ2) is 4.35. The first kappa shape index (κ1) is 10.7. The maximum Gasteiger partial charge on any atom is 0.194 e. The van der Waals surface area contributed by atoms with Gasteiger partial charge in [0.25, 0.3) is 0 Å². The first-order valence-electron chi connectivity index (χ1n) is 4.94. The van der Waals surface area contributed by atoms with Gasteiger partial charge in [-0.15, -0.1) is 0 Å². The minimum Gasteiger partial charge on any atom is -0.487 e. The molecule has 0 saturated heterocycles. The summed E-state index contributed by atoms with van der Waals surface area (Å²) in [6.45, 7) is 0.853. The molecule has 0 aliphatic heterocycles. The smallest absolute Gasteiger partial charge is 0.194 e. The van der Waals surface area contributed by atoms with E-state index in [1.807, 2.05) is 6.07 Å². The monoisotopic (exact) mass is 222 g/mol. The van der Waals surface area contributed by atoms with Crippen molar-refractivity contribution in [2.45, 2.75) is 6.92 Å². The number of alkyl halides is 1. The van der Waals surface area contributed by atoms with Gasteiger partial charge in [-0.3, -0.25) is 4.79 Å². The second-order valence-corrected chi connectivity index (χ2v) is 3.38. The van der Waals surface area contributed by atoms with Crippen LogP contribution < -0.4 is 4.74 Å². The molecule has 2 rings (SSSR count). The predicted molar refractivity (Wildman–Crippen MR) is 57.7 cm³/mol. The van der Waals surface area contributed by atoms with Crippen molar-refractivity contribution in [3.05, 3.63) is 30.0 Å². The molecule has 3 nitrogen and oxygen atoms in total. The fourth-order valence-electron chi connectivity index (χ4n) is 1.47. The quantitative estimate of drug-likeness (QED) is 0.746.